The molecule has 9 nitrogen and oxygen atoms in total. The van der Waals surface area contributed by atoms with Crippen LogP contribution in [0.25, 0.3) is 5.69 Å². The minimum Gasteiger partial charge on any atom is -0.492 e. The summed E-state index contributed by atoms with van der Waals surface area (Å²) < 4.78 is 6.76. The molecule has 0 fully saturated rings. The summed E-state index contributed by atoms with van der Waals surface area (Å²) in [6.45, 7) is 3.92. The first kappa shape index (κ1) is 20.7. The normalized spacial score (nSPS) is 10.5. The van der Waals surface area contributed by atoms with Crippen molar-refractivity contribution in [2.75, 3.05) is 13.2 Å². The first-order chi connectivity index (χ1) is 14.4. The molecule has 0 atom stereocenters. The number of rotatable bonds is 7. The lowest BCUT2D eigenvalue weighted by Crippen LogP contribution is -2.34. The Kier molecular flexibility index (Phi) is 6.21. The predicted molar refractivity (Wildman–Crippen MR) is 110 cm³/mol. The van der Waals surface area contributed by atoms with E-state index in [-0.39, 0.29) is 30.2 Å². The minimum absolute atomic E-state index is 0.160. The zero-order valence-electron chi connectivity index (χ0n) is 16.5. The molecule has 154 valence electrons. The number of carbonyl (C=O) groups excluding carboxylic acids is 1. The van der Waals surface area contributed by atoms with Crippen molar-refractivity contribution in [3.8, 4) is 11.4 Å². The summed E-state index contributed by atoms with van der Waals surface area (Å²) >= 11 is 0. The van der Waals surface area contributed by atoms with Crippen molar-refractivity contribution in [1.29, 1.82) is 0 Å². The summed E-state index contributed by atoms with van der Waals surface area (Å²) in [5.41, 5.74) is 0.532. The number of hydrogen-bond acceptors (Lipinski definition) is 6. The van der Waals surface area contributed by atoms with Crippen molar-refractivity contribution >= 4 is 11.6 Å². The van der Waals surface area contributed by atoms with Crippen molar-refractivity contribution in [1.82, 2.24) is 15.1 Å². The van der Waals surface area contributed by atoms with Crippen LogP contribution < -0.4 is 15.5 Å². The van der Waals surface area contributed by atoms with Crippen molar-refractivity contribution in [3.63, 3.8) is 0 Å². The number of nitrogens with one attached hydrogen (secondary N) is 1. The monoisotopic (exact) mass is 408 g/mol. The van der Waals surface area contributed by atoms with E-state index in [0.717, 1.165) is 5.56 Å². The number of nitro benzene ring substituents is 1. The lowest BCUT2D eigenvalue weighted by molar-refractivity contribution is -0.384. The predicted octanol–water partition coefficient (Wildman–Crippen LogP) is 2.57. The largest absolute Gasteiger partial charge is 0.492 e. The second kappa shape index (κ2) is 8.99. The van der Waals surface area contributed by atoms with Crippen LogP contribution in [0.2, 0.25) is 0 Å². The molecule has 0 bridgehead atoms. The Morgan fingerprint density at radius 1 is 1.17 bits per heavy atom. The van der Waals surface area contributed by atoms with Gasteiger partial charge in [-0.25, -0.2) is 4.68 Å². The number of nitrogens with zero attached hydrogens (tertiary/aromatic N) is 3. The lowest BCUT2D eigenvalue weighted by atomic mass is 10.2. The third-order valence-corrected chi connectivity index (χ3v) is 4.31. The van der Waals surface area contributed by atoms with Crippen molar-refractivity contribution in [3.05, 3.63) is 91.9 Å². The van der Waals surface area contributed by atoms with E-state index in [9.17, 15) is 19.7 Å². The van der Waals surface area contributed by atoms with Crippen LogP contribution in [-0.4, -0.2) is 33.8 Å². The third-order valence-electron chi connectivity index (χ3n) is 4.31. The van der Waals surface area contributed by atoms with Gasteiger partial charge in [0.15, 0.2) is 5.69 Å². The highest BCUT2D eigenvalue weighted by atomic mass is 16.6. The van der Waals surface area contributed by atoms with E-state index in [1.54, 1.807) is 13.0 Å². The molecule has 1 aromatic heterocycles. The second-order valence-corrected chi connectivity index (χ2v) is 6.57. The fourth-order valence-corrected chi connectivity index (χ4v) is 2.80. The Balaban J connectivity index is 1.75. The van der Waals surface area contributed by atoms with Gasteiger partial charge < -0.3 is 10.1 Å². The van der Waals surface area contributed by atoms with Gasteiger partial charge in [0.25, 0.3) is 11.6 Å². The van der Waals surface area contributed by atoms with Crippen LogP contribution in [0.15, 0.2) is 59.4 Å². The Bertz CT molecular complexity index is 1140. The highest BCUT2D eigenvalue weighted by Crippen LogP contribution is 2.22. The maximum Gasteiger partial charge on any atom is 0.294 e. The number of carbonyl (C=O) groups is 1. The highest BCUT2D eigenvalue weighted by Gasteiger charge is 2.19. The number of amides is 1. The van der Waals surface area contributed by atoms with E-state index in [2.05, 4.69) is 10.4 Å². The van der Waals surface area contributed by atoms with Crippen molar-refractivity contribution < 1.29 is 14.5 Å². The molecule has 0 aliphatic carbocycles. The summed E-state index contributed by atoms with van der Waals surface area (Å²) in [6.07, 6.45) is 0. The summed E-state index contributed by atoms with van der Waals surface area (Å²) in [4.78, 5) is 35.5. The van der Waals surface area contributed by atoms with Gasteiger partial charge >= 0.3 is 0 Å². The van der Waals surface area contributed by atoms with Gasteiger partial charge in [0, 0.05) is 17.8 Å². The molecule has 1 amide bonds. The molecule has 1 N–H and O–H groups in total. The summed E-state index contributed by atoms with van der Waals surface area (Å²) in [5.74, 6) is -0.0121. The van der Waals surface area contributed by atoms with E-state index >= 15 is 0 Å². The van der Waals surface area contributed by atoms with Crippen molar-refractivity contribution in [2.45, 2.75) is 13.8 Å². The number of aromatic nitrogens is 2. The number of hydrogen-bond donors (Lipinski definition) is 1. The SMILES string of the molecule is Cc1ccc(OCCNC(=O)c2nn(-c3ccccc3[N+](=O)[O-])c(C)cc2=O)cc1. The zero-order valence-corrected chi connectivity index (χ0v) is 16.5. The standard InChI is InChI=1S/C21H20N4O5/c1-14-7-9-16(10-8-14)30-12-11-22-21(27)20-19(26)13-15(2)24(23-20)17-5-3-4-6-18(17)25(28)29/h3-10,13H,11-12H2,1-2H3,(H,22,27). The maximum absolute atomic E-state index is 12.5. The van der Waals surface area contributed by atoms with E-state index in [4.69, 9.17) is 4.74 Å². The molecular weight excluding hydrogens is 388 g/mol. The smallest absolute Gasteiger partial charge is 0.294 e. The molecule has 0 unspecified atom stereocenters. The molecule has 9 heteroatoms. The minimum atomic E-state index is -0.681. The van der Waals surface area contributed by atoms with Crippen LogP contribution in [0.1, 0.15) is 21.7 Å². The van der Waals surface area contributed by atoms with Gasteiger partial charge in [0.05, 0.1) is 11.5 Å². The average Bonchev–Trinajstić information content (AvgIpc) is 2.72. The van der Waals surface area contributed by atoms with E-state index in [1.165, 1.54) is 28.9 Å². The zero-order chi connectivity index (χ0) is 21.7. The second-order valence-electron chi connectivity index (χ2n) is 6.57. The molecule has 0 saturated heterocycles. The molecule has 30 heavy (non-hydrogen) atoms. The molecule has 3 aromatic rings. The molecule has 0 saturated carbocycles. The summed E-state index contributed by atoms with van der Waals surface area (Å²) in [6, 6.07) is 14.7. The molecule has 0 aliphatic heterocycles. The summed E-state index contributed by atoms with van der Waals surface area (Å²) in [5, 5.41) is 18.0. The summed E-state index contributed by atoms with van der Waals surface area (Å²) in [7, 11) is 0. The number of ether oxygens (including phenoxy) is 1. The van der Waals surface area contributed by atoms with Crippen molar-refractivity contribution in [2.24, 2.45) is 0 Å². The molecule has 0 spiro atoms. The van der Waals surface area contributed by atoms with Gasteiger partial charge in [-0.1, -0.05) is 29.8 Å². The Morgan fingerprint density at radius 3 is 2.57 bits per heavy atom. The van der Waals surface area contributed by atoms with E-state index < -0.39 is 16.3 Å². The highest BCUT2D eigenvalue weighted by molar-refractivity contribution is 5.92. The van der Waals surface area contributed by atoms with Crippen LogP contribution in [0.4, 0.5) is 5.69 Å². The lowest BCUT2D eigenvalue weighted by Gasteiger charge is -2.12. The van der Waals surface area contributed by atoms with Gasteiger partial charge in [-0.3, -0.25) is 19.7 Å². The molecule has 3 rings (SSSR count). The van der Waals surface area contributed by atoms with Crippen LogP contribution in [-0.2, 0) is 0 Å². The van der Waals surface area contributed by atoms with Crippen LogP contribution in [0.5, 0.6) is 5.75 Å². The van der Waals surface area contributed by atoms with E-state index in [1.807, 2.05) is 31.2 Å². The van der Waals surface area contributed by atoms with Crippen LogP contribution in [0.3, 0.4) is 0 Å². The first-order valence-corrected chi connectivity index (χ1v) is 9.19. The molecule has 0 radical (unpaired) electrons. The molecular formula is C21H20N4O5. The Morgan fingerprint density at radius 2 is 1.87 bits per heavy atom. The van der Waals surface area contributed by atoms with Gasteiger partial charge in [-0.05, 0) is 32.0 Å². The van der Waals surface area contributed by atoms with E-state index in [0.29, 0.717) is 11.4 Å². The fraction of sp³-hybridized carbons (Fsp3) is 0.190. The molecule has 1 heterocycles. The van der Waals surface area contributed by atoms with Crippen LogP contribution in [0, 0.1) is 24.0 Å². The first-order valence-electron chi connectivity index (χ1n) is 9.19. The topological polar surface area (TPSA) is 116 Å². The van der Waals surface area contributed by atoms with Gasteiger partial charge in [-0.2, -0.15) is 5.10 Å². The van der Waals surface area contributed by atoms with Gasteiger partial charge in [0.2, 0.25) is 5.43 Å². The maximum atomic E-state index is 12.5. The Labute approximate surface area is 172 Å². The number of benzene rings is 2. The third kappa shape index (κ3) is 4.69. The molecule has 0 aliphatic rings. The van der Waals surface area contributed by atoms with Crippen LogP contribution >= 0.6 is 0 Å². The quantitative estimate of drug-likeness (QED) is 0.365. The molecule has 2 aromatic carbocycles. The number of aryl methyl sites for hydroxylation is 2. The van der Waals surface area contributed by atoms with Gasteiger partial charge in [-0.15, -0.1) is 0 Å². The van der Waals surface area contributed by atoms with Gasteiger partial charge in [0.1, 0.15) is 18.0 Å². The number of nitro groups is 1. The number of para-hydroxylation sites is 2. The average molecular weight is 408 g/mol. The fourth-order valence-electron chi connectivity index (χ4n) is 2.80. The Hall–Kier alpha value is -4.01.